The molecule has 1 aromatic heterocycles. The minimum atomic E-state index is 0.110. The second-order valence-corrected chi connectivity index (χ2v) is 6.15. The molecule has 3 heteroatoms. The van der Waals surface area contributed by atoms with E-state index in [0.717, 1.165) is 12.2 Å². The summed E-state index contributed by atoms with van der Waals surface area (Å²) in [4.78, 5) is 0. The van der Waals surface area contributed by atoms with Crippen molar-refractivity contribution in [1.82, 2.24) is 0 Å². The van der Waals surface area contributed by atoms with E-state index in [4.69, 9.17) is 10.5 Å². The molecule has 1 heterocycles. The van der Waals surface area contributed by atoms with Crippen LogP contribution in [0.1, 0.15) is 18.1 Å². The molecule has 0 bridgehead atoms. The Balaban J connectivity index is 1.96. The van der Waals surface area contributed by atoms with Gasteiger partial charge in [0.15, 0.2) is 0 Å². The minimum absolute atomic E-state index is 0.110. The van der Waals surface area contributed by atoms with E-state index in [9.17, 15) is 0 Å². The van der Waals surface area contributed by atoms with Crippen molar-refractivity contribution in [3.05, 3.63) is 64.4 Å². The van der Waals surface area contributed by atoms with Gasteiger partial charge in [0.05, 0.1) is 0 Å². The number of ether oxygens (including phenoxy) is 1. The van der Waals surface area contributed by atoms with Crippen molar-refractivity contribution >= 4 is 22.1 Å². The highest BCUT2D eigenvalue weighted by atomic mass is 32.1. The maximum absolute atomic E-state index is 6.04. The lowest BCUT2D eigenvalue weighted by Crippen LogP contribution is -2.18. The molecule has 0 aliphatic heterocycles. The summed E-state index contributed by atoms with van der Waals surface area (Å²) < 4.78 is 6.04. The lowest BCUT2D eigenvalue weighted by Gasteiger charge is -2.15. The summed E-state index contributed by atoms with van der Waals surface area (Å²) in [5.41, 5.74) is 8.44. The van der Waals surface area contributed by atoms with Crippen LogP contribution in [-0.2, 0) is 13.0 Å². The van der Waals surface area contributed by atoms with E-state index in [0.29, 0.717) is 6.61 Å². The van der Waals surface area contributed by atoms with E-state index < -0.39 is 0 Å². The molecule has 0 amide bonds. The number of benzene rings is 2. The normalized spacial score (nSPS) is 12.5. The van der Waals surface area contributed by atoms with E-state index in [-0.39, 0.29) is 6.04 Å². The third-order valence-corrected chi connectivity index (χ3v) is 4.23. The SMILES string of the molecule is CC(N)Cc1c(OCc2ccsc2)ccc2ccccc12. The fourth-order valence-corrected chi connectivity index (χ4v) is 3.17. The van der Waals surface area contributed by atoms with Crippen molar-refractivity contribution in [2.24, 2.45) is 5.73 Å². The Labute approximate surface area is 129 Å². The van der Waals surface area contributed by atoms with Gasteiger partial charge in [-0.1, -0.05) is 30.3 Å². The van der Waals surface area contributed by atoms with Crippen LogP contribution in [0.25, 0.3) is 10.8 Å². The van der Waals surface area contributed by atoms with Gasteiger partial charge in [-0.15, -0.1) is 0 Å². The van der Waals surface area contributed by atoms with Crippen LogP contribution < -0.4 is 10.5 Å². The average molecular weight is 297 g/mol. The molecule has 2 N–H and O–H groups in total. The first-order valence-corrected chi connectivity index (χ1v) is 8.08. The average Bonchev–Trinajstić information content (AvgIpc) is 2.99. The molecule has 21 heavy (non-hydrogen) atoms. The van der Waals surface area contributed by atoms with Gasteiger partial charge in [0, 0.05) is 11.6 Å². The molecule has 0 saturated heterocycles. The zero-order chi connectivity index (χ0) is 14.7. The Morgan fingerprint density at radius 1 is 1.14 bits per heavy atom. The van der Waals surface area contributed by atoms with Crippen LogP contribution in [0.2, 0.25) is 0 Å². The predicted molar refractivity (Wildman–Crippen MR) is 90.0 cm³/mol. The van der Waals surface area contributed by atoms with E-state index in [1.165, 1.54) is 21.9 Å². The number of nitrogens with two attached hydrogens (primary N) is 1. The third kappa shape index (κ3) is 3.26. The summed E-state index contributed by atoms with van der Waals surface area (Å²) in [5, 5.41) is 6.66. The second-order valence-electron chi connectivity index (χ2n) is 5.37. The molecule has 108 valence electrons. The van der Waals surface area contributed by atoms with Crippen molar-refractivity contribution in [3.8, 4) is 5.75 Å². The molecule has 1 unspecified atom stereocenters. The lowest BCUT2D eigenvalue weighted by atomic mass is 9.98. The zero-order valence-corrected chi connectivity index (χ0v) is 12.9. The van der Waals surface area contributed by atoms with Gasteiger partial charge >= 0.3 is 0 Å². The summed E-state index contributed by atoms with van der Waals surface area (Å²) in [5.74, 6) is 0.942. The van der Waals surface area contributed by atoms with Crippen LogP contribution in [-0.4, -0.2) is 6.04 Å². The smallest absolute Gasteiger partial charge is 0.123 e. The first-order chi connectivity index (χ1) is 10.2. The summed E-state index contributed by atoms with van der Waals surface area (Å²) in [6, 6.07) is 14.8. The van der Waals surface area contributed by atoms with Crippen LogP contribution in [0, 0.1) is 0 Å². The molecular formula is C18H19NOS. The summed E-state index contributed by atoms with van der Waals surface area (Å²) in [6.07, 6.45) is 0.820. The Morgan fingerprint density at radius 2 is 2.00 bits per heavy atom. The van der Waals surface area contributed by atoms with Crippen LogP contribution >= 0.6 is 11.3 Å². The fraction of sp³-hybridized carbons (Fsp3) is 0.222. The number of thiophene rings is 1. The Bertz CT molecular complexity index is 719. The minimum Gasteiger partial charge on any atom is -0.489 e. The molecule has 0 fully saturated rings. The Morgan fingerprint density at radius 3 is 2.76 bits per heavy atom. The molecular weight excluding hydrogens is 278 g/mol. The van der Waals surface area contributed by atoms with Crippen molar-refractivity contribution < 1.29 is 4.74 Å². The van der Waals surface area contributed by atoms with E-state index in [2.05, 4.69) is 53.2 Å². The lowest BCUT2D eigenvalue weighted by molar-refractivity contribution is 0.303. The summed E-state index contributed by atoms with van der Waals surface area (Å²) in [6.45, 7) is 2.64. The Hall–Kier alpha value is -1.84. The highest BCUT2D eigenvalue weighted by Gasteiger charge is 2.11. The van der Waals surface area contributed by atoms with E-state index >= 15 is 0 Å². The maximum Gasteiger partial charge on any atom is 0.123 e. The van der Waals surface area contributed by atoms with Gasteiger partial charge in [-0.25, -0.2) is 0 Å². The highest BCUT2D eigenvalue weighted by Crippen LogP contribution is 2.29. The number of rotatable bonds is 5. The number of fused-ring (bicyclic) bond motifs is 1. The van der Waals surface area contributed by atoms with E-state index in [1.54, 1.807) is 11.3 Å². The van der Waals surface area contributed by atoms with Crippen LogP contribution in [0.4, 0.5) is 0 Å². The summed E-state index contributed by atoms with van der Waals surface area (Å²) in [7, 11) is 0. The van der Waals surface area contributed by atoms with Crippen molar-refractivity contribution in [2.75, 3.05) is 0 Å². The maximum atomic E-state index is 6.04. The number of hydrogen-bond donors (Lipinski definition) is 1. The van der Waals surface area contributed by atoms with Gasteiger partial charge in [-0.05, 0) is 52.6 Å². The van der Waals surface area contributed by atoms with Crippen molar-refractivity contribution in [1.29, 1.82) is 0 Å². The van der Waals surface area contributed by atoms with E-state index in [1.807, 2.05) is 6.92 Å². The van der Waals surface area contributed by atoms with Gasteiger partial charge in [-0.2, -0.15) is 11.3 Å². The first-order valence-electron chi connectivity index (χ1n) is 7.14. The molecule has 0 saturated carbocycles. The standard InChI is InChI=1S/C18H19NOS/c1-13(19)10-17-16-5-3-2-4-15(16)6-7-18(17)20-11-14-8-9-21-12-14/h2-9,12-13H,10-11,19H2,1H3. The molecule has 0 radical (unpaired) electrons. The van der Waals surface area contributed by atoms with Crippen molar-refractivity contribution in [2.45, 2.75) is 26.0 Å². The van der Waals surface area contributed by atoms with Gasteiger partial charge < -0.3 is 10.5 Å². The molecule has 2 nitrogen and oxygen atoms in total. The molecule has 0 spiro atoms. The number of hydrogen-bond acceptors (Lipinski definition) is 3. The highest BCUT2D eigenvalue weighted by molar-refractivity contribution is 7.07. The molecule has 0 aliphatic rings. The van der Waals surface area contributed by atoms with Crippen molar-refractivity contribution in [3.63, 3.8) is 0 Å². The van der Waals surface area contributed by atoms with Gasteiger partial charge in [-0.3, -0.25) is 0 Å². The molecule has 2 aromatic carbocycles. The fourth-order valence-electron chi connectivity index (χ4n) is 2.52. The largest absolute Gasteiger partial charge is 0.489 e. The van der Waals surface area contributed by atoms with Crippen LogP contribution in [0.15, 0.2) is 53.2 Å². The topological polar surface area (TPSA) is 35.2 Å². The van der Waals surface area contributed by atoms with Gasteiger partial charge in [0.2, 0.25) is 0 Å². The predicted octanol–water partition coefficient (Wildman–Crippen LogP) is 4.37. The molecule has 3 rings (SSSR count). The second kappa shape index (κ2) is 6.29. The van der Waals surface area contributed by atoms with Crippen LogP contribution in [0.5, 0.6) is 5.75 Å². The zero-order valence-electron chi connectivity index (χ0n) is 12.1. The molecule has 0 aliphatic carbocycles. The summed E-state index contributed by atoms with van der Waals surface area (Å²) >= 11 is 1.69. The van der Waals surface area contributed by atoms with Gasteiger partial charge in [0.1, 0.15) is 12.4 Å². The molecule has 1 atom stereocenters. The quantitative estimate of drug-likeness (QED) is 0.759. The van der Waals surface area contributed by atoms with Gasteiger partial charge in [0.25, 0.3) is 0 Å². The third-order valence-electron chi connectivity index (χ3n) is 3.50. The molecule has 3 aromatic rings. The monoisotopic (exact) mass is 297 g/mol. The van der Waals surface area contributed by atoms with Crippen LogP contribution in [0.3, 0.4) is 0 Å². The Kier molecular flexibility index (Phi) is 4.23. The first kappa shape index (κ1) is 14.1.